The van der Waals surface area contributed by atoms with E-state index in [0.717, 1.165) is 22.5 Å². The summed E-state index contributed by atoms with van der Waals surface area (Å²) in [4.78, 5) is 11.4. The van der Waals surface area contributed by atoms with E-state index >= 15 is 0 Å². The van der Waals surface area contributed by atoms with Gasteiger partial charge < -0.3 is 0 Å². The average molecular weight is 307 g/mol. The minimum atomic E-state index is 0.750. The van der Waals surface area contributed by atoms with Crippen LogP contribution in [0.1, 0.15) is 11.4 Å². The second-order valence-electron chi connectivity index (χ2n) is 4.72. The van der Waals surface area contributed by atoms with Crippen LogP contribution in [0.2, 0.25) is 0 Å². The highest BCUT2D eigenvalue weighted by Crippen LogP contribution is 2.34. The predicted octanol–water partition coefficient (Wildman–Crippen LogP) is 4.81. The number of thiophene rings is 2. The molecule has 4 aromatic rings. The predicted molar refractivity (Wildman–Crippen MR) is 88.8 cm³/mol. The van der Waals surface area contributed by atoms with Crippen molar-refractivity contribution in [2.24, 2.45) is 0 Å². The van der Waals surface area contributed by atoms with E-state index in [1.165, 1.54) is 16.0 Å². The molecule has 0 bridgehead atoms. The smallest absolute Gasteiger partial charge is 0.135 e. The zero-order chi connectivity index (χ0) is 14.1. The van der Waals surface area contributed by atoms with Crippen LogP contribution in [-0.4, -0.2) is 9.97 Å². The first kappa shape index (κ1) is 12.7. The van der Waals surface area contributed by atoms with Gasteiger partial charge in [-0.1, -0.05) is 36.4 Å². The van der Waals surface area contributed by atoms with Crippen molar-refractivity contribution < 1.29 is 0 Å². The van der Waals surface area contributed by atoms with Crippen LogP contribution < -0.4 is 0 Å². The van der Waals surface area contributed by atoms with Crippen molar-refractivity contribution >= 4 is 32.9 Å². The first-order valence-electron chi connectivity index (χ1n) is 6.64. The molecule has 0 aliphatic carbocycles. The molecule has 21 heavy (non-hydrogen) atoms. The molecule has 0 amide bonds. The number of aromatic nitrogens is 2. The first-order chi connectivity index (χ1) is 10.4. The fourth-order valence-corrected chi connectivity index (χ4v) is 4.00. The van der Waals surface area contributed by atoms with E-state index in [1.54, 1.807) is 22.7 Å². The van der Waals surface area contributed by atoms with E-state index < -0.39 is 0 Å². The lowest BCUT2D eigenvalue weighted by Gasteiger charge is -2.00. The summed E-state index contributed by atoms with van der Waals surface area (Å²) in [5.74, 6) is 0.827. The van der Waals surface area contributed by atoms with Gasteiger partial charge in [0, 0.05) is 27.6 Å². The van der Waals surface area contributed by atoms with Gasteiger partial charge in [-0.25, -0.2) is 9.97 Å². The van der Waals surface area contributed by atoms with Gasteiger partial charge in [0.15, 0.2) is 0 Å². The Kier molecular flexibility index (Phi) is 3.25. The summed E-state index contributed by atoms with van der Waals surface area (Å²) in [5, 5.41) is 5.26. The van der Waals surface area contributed by atoms with E-state index in [1.807, 2.05) is 18.2 Å². The molecule has 3 aromatic heterocycles. The van der Waals surface area contributed by atoms with Crippen LogP contribution in [0.25, 0.3) is 20.7 Å². The first-order valence-corrected chi connectivity index (χ1v) is 8.40. The molecule has 0 N–H and O–H groups in total. The van der Waals surface area contributed by atoms with Crippen molar-refractivity contribution in [1.82, 2.24) is 9.97 Å². The summed E-state index contributed by atoms with van der Waals surface area (Å²) >= 11 is 3.39. The van der Waals surface area contributed by atoms with Gasteiger partial charge in [0.1, 0.15) is 16.9 Å². The maximum absolute atomic E-state index is 4.68. The standard InChI is InChI=1S/C17H11N2S2/c1-2-5-12(6-3-1)9-16-18-10-13-14(11-21-17(13)19-16)15-7-4-8-20-15/h1-8,11H,9H2. The Morgan fingerprint density at radius 2 is 1.90 bits per heavy atom. The Morgan fingerprint density at radius 3 is 2.71 bits per heavy atom. The minimum absolute atomic E-state index is 0.750. The zero-order valence-electron chi connectivity index (χ0n) is 11.1. The highest BCUT2D eigenvalue weighted by atomic mass is 32.1. The van der Waals surface area contributed by atoms with Gasteiger partial charge >= 0.3 is 0 Å². The van der Waals surface area contributed by atoms with E-state index in [0.29, 0.717) is 0 Å². The van der Waals surface area contributed by atoms with Gasteiger partial charge in [0.2, 0.25) is 0 Å². The van der Waals surface area contributed by atoms with Crippen LogP contribution in [0.5, 0.6) is 0 Å². The maximum Gasteiger partial charge on any atom is 0.135 e. The lowest BCUT2D eigenvalue weighted by atomic mass is 10.1. The minimum Gasteiger partial charge on any atom is -0.230 e. The Morgan fingerprint density at radius 1 is 1.00 bits per heavy atom. The SMILES string of the molecule is [c]1nc(Cc2ccccc2)nc2scc(-c3cccs3)c12. The van der Waals surface area contributed by atoms with Crippen LogP contribution in [-0.2, 0) is 6.42 Å². The number of rotatable bonds is 3. The third-order valence-electron chi connectivity index (χ3n) is 3.29. The zero-order valence-corrected chi connectivity index (χ0v) is 12.7. The molecule has 0 atom stereocenters. The molecule has 1 aromatic carbocycles. The molecular weight excluding hydrogens is 296 g/mol. The Bertz CT molecular complexity index is 864. The van der Waals surface area contributed by atoms with Crippen molar-refractivity contribution in [2.45, 2.75) is 6.42 Å². The molecule has 1 radical (unpaired) electrons. The van der Waals surface area contributed by atoms with Crippen molar-refractivity contribution in [2.75, 3.05) is 0 Å². The van der Waals surface area contributed by atoms with Gasteiger partial charge in [0.05, 0.1) is 0 Å². The Hall–Kier alpha value is -2.04. The molecule has 2 nitrogen and oxygen atoms in total. The fourth-order valence-electron chi connectivity index (χ4n) is 2.27. The molecule has 0 fully saturated rings. The molecule has 0 aliphatic rings. The summed E-state index contributed by atoms with van der Waals surface area (Å²) < 4.78 is 0. The number of hydrogen-bond donors (Lipinski definition) is 0. The van der Waals surface area contributed by atoms with Gasteiger partial charge in [-0.3, -0.25) is 0 Å². The van der Waals surface area contributed by atoms with Gasteiger partial charge in [-0.05, 0) is 17.0 Å². The number of hydrogen-bond acceptors (Lipinski definition) is 4. The molecule has 0 spiro atoms. The van der Waals surface area contributed by atoms with Crippen LogP contribution >= 0.6 is 22.7 Å². The van der Waals surface area contributed by atoms with Gasteiger partial charge in [-0.15, -0.1) is 22.7 Å². The molecule has 0 aliphatic heterocycles. The normalized spacial score (nSPS) is 11.0. The lowest BCUT2D eigenvalue weighted by Crippen LogP contribution is -1.95. The Balaban J connectivity index is 1.72. The van der Waals surface area contributed by atoms with E-state index in [4.69, 9.17) is 0 Å². The second kappa shape index (κ2) is 5.39. The molecule has 3 heterocycles. The van der Waals surface area contributed by atoms with Crippen LogP contribution in [0, 0.1) is 6.20 Å². The molecule has 0 saturated carbocycles. The topological polar surface area (TPSA) is 25.8 Å². The monoisotopic (exact) mass is 307 g/mol. The summed E-state index contributed by atoms with van der Waals surface area (Å²) in [6.45, 7) is 0. The molecule has 4 rings (SSSR count). The quantitative estimate of drug-likeness (QED) is 0.543. The summed E-state index contributed by atoms with van der Waals surface area (Å²) in [6.07, 6.45) is 3.93. The van der Waals surface area contributed by atoms with Crippen LogP contribution in [0.15, 0.2) is 53.2 Å². The molecule has 4 heteroatoms. The van der Waals surface area contributed by atoms with Gasteiger partial charge in [0.25, 0.3) is 0 Å². The van der Waals surface area contributed by atoms with E-state index in [-0.39, 0.29) is 0 Å². The van der Waals surface area contributed by atoms with Crippen LogP contribution in [0.3, 0.4) is 0 Å². The Labute approximate surface area is 130 Å². The average Bonchev–Trinajstić information content (AvgIpc) is 3.16. The highest BCUT2D eigenvalue weighted by molar-refractivity contribution is 7.18. The molecule has 0 saturated heterocycles. The third kappa shape index (κ3) is 2.48. The molecule has 0 unspecified atom stereocenters. The summed E-state index contributed by atoms with van der Waals surface area (Å²) in [7, 11) is 0. The summed E-state index contributed by atoms with van der Waals surface area (Å²) in [5.41, 5.74) is 2.41. The fraction of sp³-hybridized carbons (Fsp3) is 0.0588. The third-order valence-corrected chi connectivity index (χ3v) is 5.07. The van der Waals surface area contributed by atoms with Crippen LogP contribution in [0.4, 0.5) is 0 Å². The van der Waals surface area contributed by atoms with E-state index in [2.05, 4.69) is 51.2 Å². The van der Waals surface area contributed by atoms with E-state index in [9.17, 15) is 0 Å². The van der Waals surface area contributed by atoms with Crippen molar-refractivity contribution in [3.63, 3.8) is 0 Å². The van der Waals surface area contributed by atoms with Crippen molar-refractivity contribution in [3.8, 4) is 10.4 Å². The van der Waals surface area contributed by atoms with Gasteiger partial charge in [-0.2, -0.15) is 0 Å². The second-order valence-corrected chi connectivity index (χ2v) is 6.53. The summed E-state index contributed by atoms with van der Waals surface area (Å²) in [6, 6.07) is 14.5. The van der Waals surface area contributed by atoms with Crippen molar-refractivity contribution in [3.05, 3.63) is 70.8 Å². The molecular formula is C17H11N2S2. The molecule has 101 valence electrons. The number of benzene rings is 1. The highest BCUT2D eigenvalue weighted by Gasteiger charge is 2.10. The number of fused-ring (bicyclic) bond motifs is 1. The number of nitrogens with zero attached hydrogens (tertiary/aromatic N) is 2. The largest absolute Gasteiger partial charge is 0.230 e. The maximum atomic E-state index is 4.68. The van der Waals surface area contributed by atoms with Crippen molar-refractivity contribution in [1.29, 1.82) is 0 Å². The lowest BCUT2D eigenvalue weighted by molar-refractivity contribution is 0.993.